The van der Waals surface area contributed by atoms with Gasteiger partial charge >= 0.3 is 0 Å². The topological polar surface area (TPSA) is 80.1 Å². The number of thioether (sulfide) groups is 1. The van der Waals surface area contributed by atoms with E-state index >= 15 is 0 Å². The number of hydrogen-bond donors (Lipinski definition) is 1. The van der Waals surface area contributed by atoms with Gasteiger partial charge in [-0.15, -0.1) is 16.8 Å². The number of benzene rings is 1. The Kier molecular flexibility index (Phi) is 6.74. The van der Waals surface area contributed by atoms with Crippen molar-refractivity contribution in [3.8, 4) is 11.4 Å². The fourth-order valence-electron chi connectivity index (χ4n) is 2.54. The zero-order valence-corrected chi connectivity index (χ0v) is 17.2. The highest BCUT2D eigenvalue weighted by Gasteiger charge is 2.24. The number of halogens is 1. The molecule has 0 unspecified atom stereocenters. The van der Waals surface area contributed by atoms with Gasteiger partial charge in [-0.1, -0.05) is 29.4 Å². The predicted molar refractivity (Wildman–Crippen MR) is 110 cm³/mol. The quantitative estimate of drug-likeness (QED) is 0.499. The molecule has 1 aromatic heterocycles. The molecule has 2 aromatic rings. The first kappa shape index (κ1) is 20.4. The smallest absolute Gasteiger partial charge is 0.239 e. The van der Waals surface area contributed by atoms with Crippen LogP contribution in [0.2, 0.25) is 5.02 Å². The first-order valence-corrected chi connectivity index (χ1v) is 10.3. The summed E-state index contributed by atoms with van der Waals surface area (Å²) in [4.78, 5) is 25.6. The van der Waals surface area contributed by atoms with E-state index in [9.17, 15) is 9.59 Å². The van der Waals surface area contributed by atoms with E-state index < -0.39 is 0 Å². The Labute approximate surface area is 173 Å². The van der Waals surface area contributed by atoms with Gasteiger partial charge in [-0.05, 0) is 37.1 Å². The number of carbonyl (C=O) groups is 2. The number of nitrogens with one attached hydrogen (secondary N) is 1. The van der Waals surface area contributed by atoms with Gasteiger partial charge in [0.15, 0.2) is 11.0 Å². The third-order valence-electron chi connectivity index (χ3n) is 4.20. The van der Waals surface area contributed by atoms with Crippen LogP contribution in [0.15, 0.2) is 42.1 Å². The summed E-state index contributed by atoms with van der Waals surface area (Å²) < 4.78 is 1.90. The van der Waals surface area contributed by atoms with E-state index in [1.807, 2.05) is 16.7 Å². The van der Waals surface area contributed by atoms with Gasteiger partial charge in [0.2, 0.25) is 11.8 Å². The molecule has 1 fully saturated rings. The average Bonchev–Trinajstić information content (AvgIpc) is 3.39. The van der Waals surface area contributed by atoms with Crippen molar-refractivity contribution < 1.29 is 9.59 Å². The second kappa shape index (κ2) is 9.25. The van der Waals surface area contributed by atoms with Crippen molar-refractivity contribution in [3.63, 3.8) is 0 Å². The minimum Gasteiger partial charge on any atom is -0.352 e. The molecule has 0 saturated heterocycles. The fraction of sp³-hybridized carbons (Fsp3) is 0.368. The van der Waals surface area contributed by atoms with E-state index in [2.05, 4.69) is 22.1 Å². The van der Waals surface area contributed by atoms with E-state index in [1.54, 1.807) is 25.3 Å². The molecule has 1 aromatic carbocycles. The number of nitrogens with zero attached hydrogens (tertiary/aromatic N) is 4. The lowest BCUT2D eigenvalue weighted by molar-refractivity contribution is -0.132. The monoisotopic (exact) mass is 419 g/mol. The highest BCUT2D eigenvalue weighted by atomic mass is 35.5. The number of aromatic nitrogens is 3. The van der Waals surface area contributed by atoms with Crippen LogP contribution in [0.1, 0.15) is 12.8 Å². The molecule has 148 valence electrons. The molecule has 28 heavy (non-hydrogen) atoms. The fourth-order valence-corrected chi connectivity index (χ4v) is 3.56. The van der Waals surface area contributed by atoms with Gasteiger partial charge in [-0.3, -0.25) is 14.2 Å². The van der Waals surface area contributed by atoms with Gasteiger partial charge < -0.3 is 10.2 Å². The van der Waals surface area contributed by atoms with Crippen LogP contribution in [0, 0.1) is 0 Å². The molecule has 1 aliphatic carbocycles. The largest absolute Gasteiger partial charge is 0.352 e. The Morgan fingerprint density at radius 2 is 2.07 bits per heavy atom. The Morgan fingerprint density at radius 3 is 2.71 bits per heavy atom. The maximum absolute atomic E-state index is 12.4. The third-order valence-corrected chi connectivity index (χ3v) is 5.41. The van der Waals surface area contributed by atoms with Crippen LogP contribution in [-0.4, -0.2) is 56.9 Å². The number of carbonyl (C=O) groups excluding carboxylic acids is 2. The van der Waals surface area contributed by atoms with Crippen molar-refractivity contribution in [2.24, 2.45) is 0 Å². The molecular formula is C19H22ClN5O2S. The SMILES string of the molecule is C=CCn1c(SCC(=O)N(C)CC(=O)NC2CC2)nnc1-c1ccc(Cl)cc1. The highest BCUT2D eigenvalue weighted by Crippen LogP contribution is 2.25. The van der Waals surface area contributed by atoms with Gasteiger partial charge in [0.05, 0.1) is 12.3 Å². The van der Waals surface area contributed by atoms with Crippen molar-refractivity contribution in [1.29, 1.82) is 0 Å². The van der Waals surface area contributed by atoms with Crippen LogP contribution in [0.4, 0.5) is 0 Å². The number of likely N-dealkylation sites (N-methyl/N-ethyl adjacent to an activating group) is 1. The van der Waals surface area contributed by atoms with Crippen LogP contribution in [0.25, 0.3) is 11.4 Å². The second-order valence-electron chi connectivity index (χ2n) is 6.59. The van der Waals surface area contributed by atoms with Crippen LogP contribution < -0.4 is 5.32 Å². The first-order valence-electron chi connectivity index (χ1n) is 8.94. The molecule has 3 rings (SSSR count). The average molecular weight is 420 g/mol. The van der Waals surface area contributed by atoms with Crippen molar-refractivity contribution in [1.82, 2.24) is 25.0 Å². The first-order chi connectivity index (χ1) is 13.5. The third kappa shape index (κ3) is 5.36. The van der Waals surface area contributed by atoms with E-state index in [0.717, 1.165) is 18.4 Å². The normalized spacial score (nSPS) is 13.2. The number of amides is 2. The molecular weight excluding hydrogens is 398 g/mol. The molecule has 1 heterocycles. The molecule has 1 saturated carbocycles. The van der Waals surface area contributed by atoms with Crippen molar-refractivity contribution >= 4 is 35.2 Å². The van der Waals surface area contributed by atoms with Gasteiger partial charge in [-0.25, -0.2) is 0 Å². The second-order valence-corrected chi connectivity index (χ2v) is 7.97. The number of allylic oxidation sites excluding steroid dienone is 1. The van der Waals surface area contributed by atoms with Crippen LogP contribution in [-0.2, 0) is 16.1 Å². The Bertz CT molecular complexity index is 864. The van der Waals surface area contributed by atoms with Crippen molar-refractivity contribution in [3.05, 3.63) is 41.9 Å². The standard InChI is InChI=1S/C19H22ClN5O2S/c1-3-10-25-18(13-4-6-14(20)7-5-13)22-23-19(25)28-12-17(27)24(2)11-16(26)21-15-8-9-15/h3-7,15H,1,8-12H2,2H3,(H,21,26). The summed E-state index contributed by atoms with van der Waals surface area (Å²) in [5, 5.41) is 12.6. The number of hydrogen-bond acceptors (Lipinski definition) is 5. The zero-order chi connectivity index (χ0) is 20.1. The lowest BCUT2D eigenvalue weighted by Gasteiger charge is -2.16. The van der Waals surface area contributed by atoms with E-state index in [-0.39, 0.29) is 30.2 Å². The lowest BCUT2D eigenvalue weighted by atomic mass is 10.2. The van der Waals surface area contributed by atoms with E-state index in [1.165, 1.54) is 16.7 Å². The highest BCUT2D eigenvalue weighted by molar-refractivity contribution is 7.99. The molecule has 1 N–H and O–H groups in total. The number of rotatable bonds is 9. The van der Waals surface area contributed by atoms with E-state index in [4.69, 9.17) is 11.6 Å². The van der Waals surface area contributed by atoms with Crippen LogP contribution in [0.3, 0.4) is 0 Å². The summed E-state index contributed by atoms with van der Waals surface area (Å²) in [7, 11) is 1.63. The van der Waals surface area contributed by atoms with Crippen molar-refractivity contribution in [2.75, 3.05) is 19.3 Å². The Hall–Kier alpha value is -2.32. The summed E-state index contributed by atoms with van der Waals surface area (Å²) in [5.74, 6) is 0.590. The molecule has 0 spiro atoms. The van der Waals surface area contributed by atoms with Gasteiger partial charge in [0.25, 0.3) is 0 Å². The molecule has 0 aliphatic heterocycles. The Balaban J connectivity index is 1.63. The molecule has 1 aliphatic rings. The molecule has 7 nitrogen and oxygen atoms in total. The molecule has 0 radical (unpaired) electrons. The maximum Gasteiger partial charge on any atom is 0.239 e. The molecule has 9 heteroatoms. The van der Waals surface area contributed by atoms with Gasteiger partial charge in [-0.2, -0.15) is 0 Å². The summed E-state index contributed by atoms with van der Waals surface area (Å²) in [5.41, 5.74) is 0.880. The minimum absolute atomic E-state index is 0.0608. The van der Waals surface area contributed by atoms with E-state index in [0.29, 0.717) is 22.5 Å². The summed E-state index contributed by atoms with van der Waals surface area (Å²) >= 11 is 7.24. The lowest BCUT2D eigenvalue weighted by Crippen LogP contribution is -2.39. The van der Waals surface area contributed by atoms with Gasteiger partial charge in [0.1, 0.15) is 0 Å². The van der Waals surface area contributed by atoms with Crippen LogP contribution in [0.5, 0.6) is 0 Å². The zero-order valence-electron chi connectivity index (χ0n) is 15.6. The minimum atomic E-state index is -0.142. The molecule has 2 amide bonds. The Morgan fingerprint density at radius 1 is 1.36 bits per heavy atom. The molecule has 0 bridgehead atoms. The molecule has 0 atom stereocenters. The predicted octanol–water partition coefficient (Wildman–Crippen LogP) is 2.61. The summed E-state index contributed by atoms with van der Waals surface area (Å²) in [6.45, 7) is 4.36. The summed E-state index contributed by atoms with van der Waals surface area (Å²) in [6, 6.07) is 7.62. The summed E-state index contributed by atoms with van der Waals surface area (Å²) in [6.07, 6.45) is 3.80. The van der Waals surface area contributed by atoms with Crippen molar-refractivity contribution in [2.45, 2.75) is 30.6 Å². The van der Waals surface area contributed by atoms with Crippen LogP contribution >= 0.6 is 23.4 Å². The van der Waals surface area contributed by atoms with Gasteiger partial charge in [0, 0.05) is 30.2 Å². The maximum atomic E-state index is 12.4.